The molecule has 66 valence electrons. The maximum absolute atomic E-state index is 10.4. The summed E-state index contributed by atoms with van der Waals surface area (Å²) in [6.07, 6.45) is 0.621. The first-order valence-electron chi connectivity index (χ1n) is 4.14. The molecule has 0 radical (unpaired) electrons. The molecule has 4 atom stereocenters. The lowest BCUT2D eigenvalue weighted by Crippen LogP contribution is -2.26. The maximum atomic E-state index is 10.4. The maximum Gasteiger partial charge on any atom is 0.123 e. The minimum Gasteiger partial charge on any atom is -0.393 e. The van der Waals surface area contributed by atoms with Gasteiger partial charge in [-0.1, -0.05) is 20.8 Å². The quantitative estimate of drug-likeness (QED) is 0.629. The highest BCUT2D eigenvalue weighted by molar-refractivity contribution is 5.53. The lowest BCUT2D eigenvalue weighted by molar-refractivity contribution is -0.112. The van der Waals surface area contributed by atoms with E-state index in [-0.39, 0.29) is 23.9 Å². The third-order valence-electron chi connectivity index (χ3n) is 2.63. The zero-order valence-electron chi connectivity index (χ0n) is 7.74. The fraction of sp³-hybridized carbons (Fsp3) is 0.889. The summed E-state index contributed by atoms with van der Waals surface area (Å²) in [6.45, 7) is 7.61. The summed E-state index contributed by atoms with van der Waals surface area (Å²) in [7, 11) is 0. The topological polar surface area (TPSA) is 37.3 Å². The number of carbonyl (C=O) groups excluding carboxylic acids is 1. The summed E-state index contributed by atoms with van der Waals surface area (Å²) >= 11 is 0. The molecule has 0 bridgehead atoms. The number of carbonyl (C=O) groups is 1. The summed E-state index contributed by atoms with van der Waals surface area (Å²) in [5, 5.41) is 9.22. The molecule has 0 saturated carbocycles. The van der Waals surface area contributed by atoms with Crippen molar-refractivity contribution in [2.75, 3.05) is 0 Å². The van der Waals surface area contributed by atoms with Crippen molar-refractivity contribution in [2.24, 2.45) is 17.8 Å². The van der Waals surface area contributed by atoms with Gasteiger partial charge in [0, 0.05) is 5.92 Å². The first-order chi connectivity index (χ1) is 5.00. The van der Waals surface area contributed by atoms with Crippen LogP contribution in [-0.4, -0.2) is 17.5 Å². The first-order valence-corrected chi connectivity index (χ1v) is 4.14. The molecule has 0 aromatic carbocycles. The molecule has 0 aromatic heterocycles. The van der Waals surface area contributed by atoms with Gasteiger partial charge in [-0.3, -0.25) is 0 Å². The normalized spacial score (nSPS) is 21.9. The van der Waals surface area contributed by atoms with Crippen molar-refractivity contribution in [2.45, 2.75) is 33.8 Å². The lowest BCUT2D eigenvalue weighted by atomic mass is 9.83. The van der Waals surface area contributed by atoms with Crippen LogP contribution in [0.4, 0.5) is 0 Å². The fourth-order valence-corrected chi connectivity index (χ4v) is 1.04. The van der Waals surface area contributed by atoms with Gasteiger partial charge in [0.2, 0.25) is 0 Å². The minimum atomic E-state index is -0.326. The zero-order valence-corrected chi connectivity index (χ0v) is 7.74. The van der Waals surface area contributed by atoms with Crippen LogP contribution < -0.4 is 0 Å². The van der Waals surface area contributed by atoms with Gasteiger partial charge in [0.15, 0.2) is 0 Å². The third-order valence-corrected chi connectivity index (χ3v) is 2.63. The van der Waals surface area contributed by atoms with Gasteiger partial charge in [0.05, 0.1) is 6.10 Å². The van der Waals surface area contributed by atoms with E-state index in [4.69, 9.17) is 0 Å². The van der Waals surface area contributed by atoms with E-state index in [2.05, 4.69) is 0 Å². The van der Waals surface area contributed by atoms with Crippen LogP contribution in [0.25, 0.3) is 0 Å². The van der Waals surface area contributed by atoms with Gasteiger partial charge in [-0.2, -0.15) is 0 Å². The molecule has 0 fully saturated rings. The number of rotatable bonds is 4. The van der Waals surface area contributed by atoms with E-state index >= 15 is 0 Å². The van der Waals surface area contributed by atoms with Gasteiger partial charge in [-0.05, 0) is 18.8 Å². The molecule has 0 aliphatic carbocycles. The molecule has 0 spiro atoms. The third kappa shape index (κ3) is 3.02. The number of hydrogen-bond donors (Lipinski definition) is 1. The SMILES string of the molecule is C[C@H]([C@H](C)[C@H](C)O)[C@H](C)C=O. The summed E-state index contributed by atoms with van der Waals surface area (Å²) in [4.78, 5) is 10.4. The molecule has 0 rings (SSSR count). The molecule has 0 saturated heterocycles. The van der Waals surface area contributed by atoms with E-state index in [1.807, 2.05) is 20.8 Å². The fourth-order valence-electron chi connectivity index (χ4n) is 1.04. The Morgan fingerprint density at radius 3 is 1.82 bits per heavy atom. The highest BCUT2D eigenvalue weighted by Gasteiger charge is 2.21. The number of hydrogen-bond acceptors (Lipinski definition) is 2. The van der Waals surface area contributed by atoms with Crippen LogP contribution >= 0.6 is 0 Å². The monoisotopic (exact) mass is 158 g/mol. The van der Waals surface area contributed by atoms with E-state index in [9.17, 15) is 9.90 Å². The molecular formula is C9H18O2. The van der Waals surface area contributed by atoms with Crippen LogP contribution in [0, 0.1) is 17.8 Å². The molecule has 0 heterocycles. The average Bonchev–Trinajstić information content (AvgIpc) is 2.00. The Morgan fingerprint density at radius 1 is 1.09 bits per heavy atom. The van der Waals surface area contributed by atoms with Crippen LogP contribution in [0.2, 0.25) is 0 Å². The molecule has 0 unspecified atom stereocenters. The second-order valence-electron chi connectivity index (χ2n) is 3.45. The molecular weight excluding hydrogens is 140 g/mol. The molecule has 11 heavy (non-hydrogen) atoms. The van der Waals surface area contributed by atoms with Crippen molar-refractivity contribution in [1.29, 1.82) is 0 Å². The highest BCUT2D eigenvalue weighted by Crippen LogP contribution is 2.21. The van der Waals surface area contributed by atoms with Crippen LogP contribution in [0.1, 0.15) is 27.7 Å². The van der Waals surface area contributed by atoms with Gasteiger partial charge in [0.1, 0.15) is 6.29 Å². The largest absolute Gasteiger partial charge is 0.393 e. The van der Waals surface area contributed by atoms with E-state index in [0.717, 1.165) is 6.29 Å². The second kappa shape index (κ2) is 4.50. The highest BCUT2D eigenvalue weighted by atomic mass is 16.3. The lowest BCUT2D eigenvalue weighted by Gasteiger charge is -2.24. The Bertz CT molecular complexity index is 121. The molecule has 0 aromatic rings. The molecule has 0 amide bonds. The average molecular weight is 158 g/mol. The van der Waals surface area contributed by atoms with E-state index in [1.165, 1.54) is 0 Å². The Kier molecular flexibility index (Phi) is 4.34. The van der Waals surface area contributed by atoms with Crippen molar-refractivity contribution in [3.63, 3.8) is 0 Å². The van der Waals surface area contributed by atoms with Crippen LogP contribution in [0.3, 0.4) is 0 Å². The summed E-state index contributed by atoms with van der Waals surface area (Å²) in [5.74, 6) is 0.488. The summed E-state index contributed by atoms with van der Waals surface area (Å²) < 4.78 is 0. The smallest absolute Gasteiger partial charge is 0.123 e. The number of aldehydes is 1. The number of aliphatic hydroxyl groups excluding tert-OH is 1. The van der Waals surface area contributed by atoms with Crippen molar-refractivity contribution < 1.29 is 9.90 Å². The van der Waals surface area contributed by atoms with Crippen LogP contribution in [-0.2, 0) is 4.79 Å². The standard InChI is InChI=1S/C9H18O2/c1-6(5-10)7(2)8(3)9(4)11/h5-9,11H,1-4H3/t6-,7+,8+,9+/m1/s1. The van der Waals surface area contributed by atoms with Crippen molar-refractivity contribution >= 4 is 6.29 Å². The zero-order chi connectivity index (χ0) is 9.02. The molecule has 1 N–H and O–H groups in total. The summed E-state index contributed by atoms with van der Waals surface area (Å²) in [6, 6.07) is 0. The van der Waals surface area contributed by atoms with E-state index in [1.54, 1.807) is 6.92 Å². The Labute approximate surface area is 68.6 Å². The summed E-state index contributed by atoms with van der Waals surface area (Å²) in [5.41, 5.74) is 0. The molecule has 2 heteroatoms. The van der Waals surface area contributed by atoms with Gasteiger partial charge in [0.25, 0.3) is 0 Å². The predicted octanol–water partition coefficient (Wildman–Crippen LogP) is 1.47. The van der Waals surface area contributed by atoms with Crippen molar-refractivity contribution in [3.8, 4) is 0 Å². The Balaban J connectivity index is 4.00. The Morgan fingerprint density at radius 2 is 1.55 bits per heavy atom. The van der Waals surface area contributed by atoms with Gasteiger partial charge >= 0.3 is 0 Å². The van der Waals surface area contributed by atoms with Gasteiger partial charge in [-0.25, -0.2) is 0 Å². The van der Waals surface area contributed by atoms with Crippen LogP contribution in [0.15, 0.2) is 0 Å². The van der Waals surface area contributed by atoms with E-state index < -0.39 is 0 Å². The predicted molar refractivity (Wildman–Crippen MR) is 45.2 cm³/mol. The van der Waals surface area contributed by atoms with Gasteiger partial charge < -0.3 is 9.90 Å². The second-order valence-corrected chi connectivity index (χ2v) is 3.45. The van der Waals surface area contributed by atoms with Crippen LogP contribution in [0.5, 0.6) is 0 Å². The minimum absolute atomic E-state index is 0.0413. The first kappa shape index (κ1) is 10.6. The van der Waals surface area contributed by atoms with Gasteiger partial charge in [-0.15, -0.1) is 0 Å². The van der Waals surface area contributed by atoms with Crippen molar-refractivity contribution in [1.82, 2.24) is 0 Å². The Hall–Kier alpha value is -0.370. The molecule has 0 aliphatic rings. The van der Waals surface area contributed by atoms with E-state index in [0.29, 0.717) is 0 Å². The van der Waals surface area contributed by atoms with Crippen molar-refractivity contribution in [3.05, 3.63) is 0 Å². The molecule has 2 nitrogen and oxygen atoms in total. The molecule has 0 aliphatic heterocycles. The number of aliphatic hydroxyl groups is 1.